The summed E-state index contributed by atoms with van der Waals surface area (Å²) in [6.07, 6.45) is 2.65. The monoisotopic (exact) mass is 437 g/mol. The molecule has 0 aliphatic heterocycles. The molecule has 10 heteroatoms. The van der Waals surface area contributed by atoms with Gasteiger partial charge in [-0.1, -0.05) is 38.0 Å². The van der Waals surface area contributed by atoms with Crippen LogP contribution in [-0.4, -0.2) is 26.5 Å². The van der Waals surface area contributed by atoms with E-state index in [-0.39, 0.29) is 22.5 Å². The minimum atomic E-state index is -0.683. The smallest absolute Gasteiger partial charge is 0.267 e. The zero-order valence-corrected chi connectivity index (χ0v) is 17.8. The van der Waals surface area contributed by atoms with Gasteiger partial charge in [0.15, 0.2) is 5.69 Å². The van der Waals surface area contributed by atoms with Crippen molar-refractivity contribution in [2.75, 3.05) is 0 Å². The third kappa shape index (κ3) is 4.80. The molecular formula is C22H23N5O5. The lowest BCUT2D eigenvalue weighted by molar-refractivity contribution is -0.385. The number of aryl methyl sites for hydroxylation is 2. The predicted octanol–water partition coefficient (Wildman–Crippen LogP) is 2.88. The summed E-state index contributed by atoms with van der Waals surface area (Å²) in [5.74, 6) is -1.32. The van der Waals surface area contributed by atoms with Crippen LogP contribution in [0.1, 0.15) is 52.6 Å². The van der Waals surface area contributed by atoms with Crippen LogP contribution < -0.4 is 16.4 Å². The van der Waals surface area contributed by atoms with Gasteiger partial charge >= 0.3 is 0 Å². The number of rotatable bonds is 7. The Labute approximate surface area is 183 Å². The molecular weight excluding hydrogens is 414 g/mol. The van der Waals surface area contributed by atoms with E-state index in [0.29, 0.717) is 22.9 Å². The highest BCUT2D eigenvalue weighted by molar-refractivity contribution is 6.06. The maximum absolute atomic E-state index is 12.8. The molecule has 0 radical (unpaired) electrons. The molecule has 3 rings (SSSR count). The Bertz CT molecular complexity index is 1250. The number of hydrogen-bond acceptors (Lipinski definition) is 6. The summed E-state index contributed by atoms with van der Waals surface area (Å²) in [4.78, 5) is 48.3. The molecule has 0 aliphatic carbocycles. The molecule has 0 spiro atoms. The summed E-state index contributed by atoms with van der Waals surface area (Å²) >= 11 is 0. The van der Waals surface area contributed by atoms with Crippen molar-refractivity contribution in [3.8, 4) is 0 Å². The number of fused-ring (bicyclic) bond motifs is 1. The van der Waals surface area contributed by atoms with Crippen LogP contribution in [-0.2, 0) is 6.54 Å². The number of hydrogen-bond donors (Lipinski definition) is 2. The van der Waals surface area contributed by atoms with Crippen LogP contribution in [0.4, 0.5) is 5.69 Å². The zero-order valence-electron chi connectivity index (χ0n) is 17.8. The molecule has 0 saturated heterocycles. The average molecular weight is 437 g/mol. The van der Waals surface area contributed by atoms with Gasteiger partial charge in [0.2, 0.25) is 0 Å². The van der Waals surface area contributed by atoms with E-state index in [4.69, 9.17) is 0 Å². The molecule has 3 aromatic rings. The number of nitrogens with one attached hydrogen (secondary N) is 2. The highest BCUT2D eigenvalue weighted by atomic mass is 16.6. The Kier molecular flexibility index (Phi) is 6.93. The topological polar surface area (TPSA) is 136 Å². The molecule has 2 N–H and O–H groups in total. The Morgan fingerprint density at radius 2 is 1.75 bits per heavy atom. The SMILES string of the molecule is CCCCCn1nc(C(=O)NNC(=O)c2ccc([N+](=O)[O-])c(C)c2)c2ccccc2c1=O. The van der Waals surface area contributed by atoms with Gasteiger partial charge in [-0.3, -0.25) is 35.3 Å². The number of nitrogens with zero attached hydrogens (tertiary/aromatic N) is 3. The van der Waals surface area contributed by atoms with E-state index >= 15 is 0 Å². The molecule has 2 amide bonds. The molecule has 0 unspecified atom stereocenters. The molecule has 166 valence electrons. The number of hydrazine groups is 1. The first-order chi connectivity index (χ1) is 15.3. The molecule has 0 atom stereocenters. The molecule has 2 aromatic carbocycles. The van der Waals surface area contributed by atoms with Crippen LogP contribution in [0.5, 0.6) is 0 Å². The van der Waals surface area contributed by atoms with Crippen molar-refractivity contribution in [1.29, 1.82) is 0 Å². The molecule has 0 fully saturated rings. The third-order valence-corrected chi connectivity index (χ3v) is 5.00. The van der Waals surface area contributed by atoms with Crippen LogP contribution in [0.2, 0.25) is 0 Å². The first kappa shape index (κ1) is 22.6. The van der Waals surface area contributed by atoms with Crippen molar-refractivity contribution in [1.82, 2.24) is 20.6 Å². The fourth-order valence-electron chi connectivity index (χ4n) is 3.31. The fraction of sp³-hybridized carbons (Fsp3) is 0.273. The van der Waals surface area contributed by atoms with E-state index in [0.717, 1.165) is 19.3 Å². The number of carbonyl (C=O) groups excluding carboxylic acids is 2. The summed E-state index contributed by atoms with van der Waals surface area (Å²) in [6, 6.07) is 10.5. The first-order valence-corrected chi connectivity index (χ1v) is 10.2. The van der Waals surface area contributed by atoms with Crippen LogP contribution in [0.15, 0.2) is 47.3 Å². The van der Waals surface area contributed by atoms with Crippen molar-refractivity contribution in [2.45, 2.75) is 39.7 Å². The number of carbonyl (C=O) groups is 2. The van der Waals surface area contributed by atoms with Crippen molar-refractivity contribution < 1.29 is 14.5 Å². The molecule has 1 aromatic heterocycles. The lowest BCUT2D eigenvalue weighted by atomic mass is 10.1. The van der Waals surface area contributed by atoms with Gasteiger partial charge in [0.25, 0.3) is 23.1 Å². The van der Waals surface area contributed by atoms with E-state index in [1.165, 1.54) is 29.8 Å². The number of nitro benzene ring substituents is 1. The van der Waals surface area contributed by atoms with Gasteiger partial charge in [-0.15, -0.1) is 0 Å². The summed E-state index contributed by atoms with van der Waals surface area (Å²) in [5, 5.41) is 15.9. The quantitative estimate of drug-likeness (QED) is 0.331. The maximum atomic E-state index is 12.8. The minimum Gasteiger partial charge on any atom is -0.267 e. The van der Waals surface area contributed by atoms with Crippen LogP contribution in [0.25, 0.3) is 10.8 Å². The van der Waals surface area contributed by atoms with E-state index in [1.54, 1.807) is 24.3 Å². The molecule has 32 heavy (non-hydrogen) atoms. The van der Waals surface area contributed by atoms with E-state index in [1.807, 2.05) is 6.92 Å². The lowest BCUT2D eigenvalue weighted by Crippen LogP contribution is -2.42. The highest BCUT2D eigenvalue weighted by Crippen LogP contribution is 2.18. The normalized spacial score (nSPS) is 10.7. The van der Waals surface area contributed by atoms with E-state index in [2.05, 4.69) is 16.0 Å². The zero-order chi connectivity index (χ0) is 23.3. The first-order valence-electron chi connectivity index (χ1n) is 10.2. The highest BCUT2D eigenvalue weighted by Gasteiger charge is 2.18. The largest absolute Gasteiger partial charge is 0.290 e. The van der Waals surface area contributed by atoms with Gasteiger partial charge in [-0.05, 0) is 31.5 Å². The number of benzene rings is 2. The number of unbranched alkanes of at least 4 members (excludes halogenated alkanes) is 2. The summed E-state index contributed by atoms with van der Waals surface area (Å²) < 4.78 is 1.27. The lowest BCUT2D eigenvalue weighted by Gasteiger charge is -2.12. The van der Waals surface area contributed by atoms with Crippen LogP contribution >= 0.6 is 0 Å². The summed E-state index contributed by atoms with van der Waals surface area (Å²) in [6.45, 7) is 3.95. The Hall–Kier alpha value is -4.08. The van der Waals surface area contributed by atoms with Gasteiger partial charge in [-0.25, -0.2) is 4.68 Å². The van der Waals surface area contributed by atoms with Crippen molar-refractivity contribution in [2.24, 2.45) is 0 Å². The van der Waals surface area contributed by atoms with Gasteiger partial charge in [0.05, 0.1) is 10.3 Å². The number of aromatic nitrogens is 2. The molecule has 0 aliphatic rings. The van der Waals surface area contributed by atoms with Crippen LogP contribution in [0.3, 0.4) is 0 Å². The van der Waals surface area contributed by atoms with E-state index < -0.39 is 16.7 Å². The second-order valence-corrected chi connectivity index (χ2v) is 7.30. The third-order valence-electron chi connectivity index (χ3n) is 5.00. The van der Waals surface area contributed by atoms with E-state index in [9.17, 15) is 24.5 Å². The fourth-order valence-corrected chi connectivity index (χ4v) is 3.31. The average Bonchev–Trinajstić information content (AvgIpc) is 2.78. The van der Waals surface area contributed by atoms with Gasteiger partial charge in [0, 0.05) is 29.1 Å². The van der Waals surface area contributed by atoms with Gasteiger partial charge in [0.1, 0.15) is 0 Å². The maximum Gasteiger partial charge on any atom is 0.290 e. The molecule has 10 nitrogen and oxygen atoms in total. The Balaban J connectivity index is 1.83. The number of amides is 2. The van der Waals surface area contributed by atoms with Gasteiger partial charge in [-0.2, -0.15) is 5.10 Å². The second kappa shape index (κ2) is 9.82. The minimum absolute atomic E-state index is 0.0110. The Morgan fingerprint density at radius 1 is 1.06 bits per heavy atom. The van der Waals surface area contributed by atoms with Gasteiger partial charge < -0.3 is 0 Å². The summed E-state index contributed by atoms with van der Waals surface area (Å²) in [5.41, 5.74) is 4.69. The molecule has 0 saturated carbocycles. The molecule has 1 heterocycles. The van der Waals surface area contributed by atoms with Crippen molar-refractivity contribution in [3.05, 3.63) is 79.8 Å². The predicted molar refractivity (Wildman–Crippen MR) is 118 cm³/mol. The number of nitro groups is 1. The standard InChI is InChI=1S/C22H23N5O5/c1-3-4-7-12-26-22(30)17-9-6-5-8-16(17)19(25-26)21(29)24-23-20(28)15-10-11-18(27(31)32)14(2)13-15/h5-6,8-11,13H,3-4,7,12H2,1-2H3,(H,23,28)(H,24,29). The van der Waals surface area contributed by atoms with Crippen LogP contribution in [0, 0.1) is 17.0 Å². The summed E-state index contributed by atoms with van der Waals surface area (Å²) in [7, 11) is 0. The van der Waals surface area contributed by atoms with Crippen molar-refractivity contribution in [3.63, 3.8) is 0 Å². The second-order valence-electron chi connectivity index (χ2n) is 7.30. The van der Waals surface area contributed by atoms with Crippen molar-refractivity contribution >= 4 is 28.3 Å². The Morgan fingerprint density at radius 3 is 2.41 bits per heavy atom. The molecule has 0 bridgehead atoms.